The molecule has 2 fully saturated rings. The van der Waals surface area contributed by atoms with Crippen LogP contribution in [0.1, 0.15) is 58.8 Å². The molecular formula is C14H27NO. The number of aliphatic hydroxyl groups is 1. The monoisotopic (exact) mass is 225 g/mol. The van der Waals surface area contributed by atoms with Crippen LogP contribution < -0.4 is 5.32 Å². The molecule has 0 aliphatic heterocycles. The minimum Gasteiger partial charge on any atom is -0.392 e. The van der Waals surface area contributed by atoms with Crippen LogP contribution in [0, 0.1) is 11.8 Å². The zero-order chi connectivity index (χ0) is 11.5. The highest BCUT2D eigenvalue weighted by Gasteiger charge is 2.32. The first-order valence-corrected chi connectivity index (χ1v) is 7.12. The van der Waals surface area contributed by atoms with Crippen molar-refractivity contribution in [2.75, 3.05) is 0 Å². The van der Waals surface area contributed by atoms with E-state index in [0.29, 0.717) is 12.1 Å². The summed E-state index contributed by atoms with van der Waals surface area (Å²) in [6, 6.07) is 1.04. The predicted octanol–water partition coefficient (Wildman–Crippen LogP) is 2.70. The molecule has 0 bridgehead atoms. The quantitative estimate of drug-likeness (QED) is 0.774. The van der Waals surface area contributed by atoms with Crippen LogP contribution in [0.25, 0.3) is 0 Å². The van der Waals surface area contributed by atoms with Crippen molar-refractivity contribution in [1.82, 2.24) is 5.32 Å². The summed E-state index contributed by atoms with van der Waals surface area (Å²) in [4.78, 5) is 0. The molecule has 0 radical (unpaired) electrons. The second-order valence-corrected chi connectivity index (χ2v) is 6.07. The third-order valence-corrected chi connectivity index (χ3v) is 4.58. The van der Waals surface area contributed by atoms with Crippen LogP contribution >= 0.6 is 0 Å². The summed E-state index contributed by atoms with van der Waals surface area (Å²) < 4.78 is 0. The van der Waals surface area contributed by atoms with Crippen molar-refractivity contribution in [2.45, 2.75) is 77.0 Å². The van der Waals surface area contributed by atoms with Gasteiger partial charge in [-0.25, -0.2) is 0 Å². The Hall–Kier alpha value is -0.0800. The van der Waals surface area contributed by atoms with E-state index in [1.807, 2.05) is 0 Å². The minimum absolute atomic E-state index is 0.0882. The second kappa shape index (κ2) is 5.50. The van der Waals surface area contributed by atoms with Crippen molar-refractivity contribution in [3.63, 3.8) is 0 Å². The van der Waals surface area contributed by atoms with E-state index >= 15 is 0 Å². The fourth-order valence-electron chi connectivity index (χ4n) is 3.57. The van der Waals surface area contributed by atoms with Gasteiger partial charge in [0.05, 0.1) is 6.10 Å². The van der Waals surface area contributed by atoms with E-state index in [0.717, 1.165) is 18.3 Å². The maximum absolute atomic E-state index is 9.88. The predicted molar refractivity (Wildman–Crippen MR) is 67.4 cm³/mol. The fraction of sp³-hybridized carbons (Fsp3) is 1.00. The van der Waals surface area contributed by atoms with Gasteiger partial charge < -0.3 is 10.4 Å². The Morgan fingerprint density at radius 2 is 1.62 bits per heavy atom. The molecule has 2 aliphatic rings. The first-order chi connectivity index (χ1) is 7.68. The van der Waals surface area contributed by atoms with Gasteiger partial charge in [0.25, 0.3) is 0 Å². The topological polar surface area (TPSA) is 32.3 Å². The maximum atomic E-state index is 9.88. The first kappa shape index (κ1) is 12.4. The minimum atomic E-state index is -0.0882. The van der Waals surface area contributed by atoms with E-state index in [1.54, 1.807) is 0 Å². The van der Waals surface area contributed by atoms with Gasteiger partial charge in [0, 0.05) is 12.1 Å². The van der Waals surface area contributed by atoms with Crippen LogP contribution in [-0.2, 0) is 0 Å². The second-order valence-electron chi connectivity index (χ2n) is 6.07. The standard InChI is InChI=1S/C14H27NO/c1-10(2)11-6-3-4-7-12(11)15-13-8-5-9-14(13)16/h10-16H,3-9H2,1-2H3/t11?,12?,13-,14-/m0/s1. The van der Waals surface area contributed by atoms with Crippen molar-refractivity contribution in [3.8, 4) is 0 Å². The summed E-state index contributed by atoms with van der Waals surface area (Å²) in [6.45, 7) is 4.69. The molecule has 0 aromatic carbocycles. The number of aliphatic hydroxyl groups excluding tert-OH is 1. The van der Waals surface area contributed by atoms with Gasteiger partial charge in [0.15, 0.2) is 0 Å². The Bertz CT molecular complexity index is 217. The molecule has 2 saturated carbocycles. The molecule has 2 aliphatic carbocycles. The molecule has 2 N–H and O–H groups in total. The molecule has 94 valence electrons. The lowest BCUT2D eigenvalue weighted by Gasteiger charge is -2.37. The van der Waals surface area contributed by atoms with Crippen LogP contribution in [0.4, 0.5) is 0 Å². The Labute approximate surface area is 99.8 Å². The van der Waals surface area contributed by atoms with E-state index in [-0.39, 0.29) is 6.10 Å². The SMILES string of the molecule is CC(C)C1CCCCC1N[C@H]1CCC[C@@H]1O. The van der Waals surface area contributed by atoms with Gasteiger partial charge in [-0.15, -0.1) is 0 Å². The van der Waals surface area contributed by atoms with Crippen molar-refractivity contribution in [1.29, 1.82) is 0 Å². The van der Waals surface area contributed by atoms with Gasteiger partial charge in [-0.1, -0.05) is 26.7 Å². The molecule has 0 aromatic rings. The molecule has 4 atom stereocenters. The average Bonchev–Trinajstić information content (AvgIpc) is 2.65. The van der Waals surface area contributed by atoms with Crippen LogP contribution in [-0.4, -0.2) is 23.3 Å². The van der Waals surface area contributed by atoms with Crippen molar-refractivity contribution in [3.05, 3.63) is 0 Å². The summed E-state index contributed by atoms with van der Waals surface area (Å²) >= 11 is 0. The third kappa shape index (κ3) is 2.78. The van der Waals surface area contributed by atoms with Gasteiger partial charge >= 0.3 is 0 Å². The highest BCUT2D eigenvalue weighted by atomic mass is 16.3. The Morgan fingerprint density at radius 1 is 0.938 bits per heavy atom. The zero-order valence-electron chi connectivity index (χ0n) is 10.8. The van der Waals surface area contributed by atoms with E-state index in [1.165, 1.54) is 38.5 Å². The largest absolute Gasteiger partial charge is 0.392 e. The van der Waals surface area contributed by atoms with Crippen molar-refractivity contribution in [2.24, 2.45) is 11.8 Å². The summed E-state index contributed by atoms with van der Waals surface area (Å²) in [5.41, 5.74) is 0. The maximum Gasteiger partial charge on any atom is 0.0693 e. The molecule has 0 amide bonds. The average molecular weight is 225 g/mol. The lowest BCUT2D eigenvalue weighted by atomic mass is 9.77. The van der Waals surface area contributed by atoms with E-state index in [2.05, 4.69) is 19.2 Å². The lowest BCUT2D eigenvalue weighted by Crippen LogP contribution is -2.48. The molecule has 0 saturated heterocycles. The number of hydrogen-bond acceptors (Lipinski definition) is 2. The van der Waals surface area contributed by atoms with Gasteiger partial charge in [0.2, 0.25) is 0 Å². The van der Waals surface area contributed by atoms with Crippen LogP contribution in [0.5, 0.6) is 0 Å². The molecule has 2 unspecified atom stereocenters. The van der Waals surface area contributed by atoms with Gasteiger partial charge in [-0.2, -0.15) is 0 Å². The molecular weight excluding hydrogens is 198 g/mol. The van der Waals surface area contributed by atoms with Crippen molar-refractivity contribution >= 4 is 0 Å². The molecule has 0 heterocycles. The van der Waals surface area contributed by atoms with Gasteiger partial charge in [0.1, 0.15) is 0 Å². The number of rotatable bonds is 3. The normalized spacial score (nSPS) is 40.5. The Balaban J connectivity index is 1.90. The van der Waals surface area contributed by atoms with Gasteiger partial charge in [-0.3, -0.25) is 0 Å². The van der Waals surface area contributed by atoms with E-state index < -0.39 is 0 Å². The molecule has 0 aromatic heterocycles. The molecule has 2 rings (SSSR count). The number of hydrogen-bond donors (Lipinski definition) is 2. The summed E-state index contributed by atoms with van der Waals surface area (Å²) in [6.07, 6.45) is 8.72. The summed E-state index contributed by atoms with van der Waals surface area (Å²) in [7, 11) is 0. The third-order valence-electron chi connectivity index (χ3n) is 4.58. The van der Waals surface area contributed by atoms with Gasteiger partial charge in [-0.05, 0) is 43.9 Å². The van der Waals surface area contributed by atoms with Crippen LogP contribution in [0.3, 0.4) is 0 Å². The van der Waals surface area contributed by atoms with Crippen LogP contribution in [0.2, 0.25) is 0 Å². The lowest BCUT2D eigenvalue weighted by molar-refractivity contribution is 0.118. The zero-order valence-corrected chi connectivity index (χ0v) is 10.8. The Kier molecular flexibility index (Phi) is 4.26. The highest BCUT2D eigenvalue weighted by molar-refractivity contribution is 4.90. The van der Waals surface area contributed by atoms with E-state index in [9.17, 15) is 5.11 Å². The highest BCUT2D eigenvalue weighted by Crippen LogP contribution is 2.31. The molecule has 16 heavy (non-hydrogen) atoms. The molecule has 0 spiro atoms. The molecule has 2 heteroatoms. The van der Waals surface area contributed by atoms with E-state index in [4.69, 9.17) is 0 Å². The number of nitrogens with one attached hydrogen (secondary N) is 1. The van der Waals surface area contributed by atoms with Crippen LogP contribution in [0.15, 0.2) is 0 Å². The summed E-state index contributed by atoms with van der Waals surface area (Å²) in [5, 5.41) is 13.6. The summed E-state index contributed by atoms with van der Waals surface area (Å²) in [5.74, 6) is 1.60. The smallest absolute Gasteiger partial charge is 0.0693 e. The van der Waals surface area contributed by atoms with Crippen molar-refractivity contribution < 1.29 is 5.11 Å². The fourth-order valence-corrected chi connectivity index (χ4v) is 3.57. The first-order valence-electron chi connectivity index (χ1n) is 7.12. The Morgan fingerprint density at radius 3 is 2.25 bits per heavy atom. The molecule has 2 nitrogen and oxygen atoms in total.